The van der Waals surface area contributed by atoms with Crippen LogP contribution in [0.4, 0.5) is 11.6 Å². The standard InChI is InChI=1S/C26H24N6O/c1-16-8-6-10-19(14-16)23-22(25(33)29-20-11-7-13-27-15-20)18(3)28-26-30-24(31-32(23)26)21-12-5-4-9-17(21)2/h4-15,23H,1-3H3,(H,29,33)(H,28,30,31)/t23-/m0/s1. The lowest BCUT2D eigenvalue weighted by Gasteiger charge is -2.28. The van der Waals surface area contributed by atoms with Gasteiger partial charge in [0.25, 0.3) is 5.91 Å². The number of carbonyl (C=O) groups excluding carboxylic acids is 1. The molecule has 4 aromatic rings. The third kappa shape index (κ3) is 3.89. The average molecular weight is 437 g/mol. The fourth-order valence-corrected chi connectivity index (χ4v) is 4.17. The fraction of sp³-hybridized carbons (Fsp3) is 0.154. The maximum absolute atomic E-state index is 13.5. The van der Waals surface area contributed by atoms with Crippen molar-refractivity contribution >= 4 is 17.5 Å². The summed E-state index contributed by atoms with van der Waals surface area (Å²) in [4.78, 5) is 22.4. The number of allylic oxidation sites excluding steroid dienone is 1. The summed E-state index contributed by atoms with van der Waals surface area (Å²) in [7, 11) is 0. The van der Waals surface area contributed by atoms with Gasteiger partial charge in [-0.25, -0.2) is 4.68 Å². The molecule has 1 aliphatic rings. The van der Waals surface area contributed by atoms with Gasteiger partial charge in [-0.15, -0.1) is 5.10 Å². The van der Waals surface area contributed by atoms with Crippen LogP contribution >= 0.6 is 0 Å². The molecule has 0 saturated carbocycles. The first-order chi connectivity index (χ1) is 16.0. The number of anilines is 2. The highest BCUT2D eigenvalue weighted by atomic mass is 16.1. The Labute approximate surface area is 192 Å². The summed E-state index contributed by atoms with van der Waals surface area (Å²) in [6.45, 7) is 5.97. The fourth-order valence-electron chi connectivity index (χ4n) is 4.17. The van der Waals surface area contributed by atoms with Crippen molar-refractivity contribution in [3.63, 3.8) is 0 Å². The number of aromatic nitrogens is 4. The van der Waals surface area contributed by atoms with Crippen molar-refractivity contribution < 1.29 is 4.79 Å². The largest absolute Gasteiger partial charge is 0.328 e. The minimum absolute atomic E-state index is 0.210. The van der Waals surface area contributed by atoms with E-state index in [1.54, 1.807) is 18.5 Å². The third-order valence-electron chi connectivity index (χ3n) is 5.76. The van der Waals surface area contributed by atoms with Crippen LogP contribution < -0.4 is 10.6 Å². The lowest BCUT2D eigenvalue weighted by atomic mass is 9.94. The predicted molar refractivity (Wildman–Crippen MR) is 129 cm³/mol. The molecule has 2 aromatic heterocycles. The minimum Gasteiger partial charge on any atom is -0.328 e. The first kappa shape index (κ1) is 20.6. The van der Waals surface area contributed by atoms with Crippen LogP contribution in [0.15, 0.2) is 84.3 Å². The number of aryl methyl sites for hydroxylation is 2. The molecular formula is C26H24N6O. The van der Waals surface area contributed by atoms with E-state index < -0.39 is 6.04 Å². The molecule has 7 nitrogen and oxygen atoms in total. The number of carbonyl (C=O) groups is 1. The number of pyridine rings is 1. The smallest absolute Gasteiger partial charge is 0.255 e. The SMILES string of the molecule is CC1=C(C(=O)Nc2cccnc2)[C@H](c2cccc(C)c2)n2nc(-c3ccccc3C)nc2N1. The van der Waals surface area contributed by atoms with E-state index in [-0.39, 0.29) is 5.91 Å². The minimum atomic E-state index is -0.428. The van der Waals surface area contributed by atoms with E-state index in [1.807, 2.05) is 74.0 Å². The second-order valence-corrected chi connectivity index (χ2v) is 8.19. The lowest BCUT2D eigenvalue weighted by molar-refractivity contribution is -0.113. The van der Waals surface area contributed by atoms with Crippen molar-refractivity contribution in [2.45, 2.75) is 26.8 Å². The third-order valence-corrected chi connectivity index (χ3v) is 5.76. The van der Waals surface area contributed by atoms with E-state index in [2.05, 4.69) is 21.7 Å². The molecule has 7 heteroatoms. The van der Waals surface area contributed by atoms with Crippen molar-refractivity contribution in [3.05, 3.63) is 101 Å². The lowest BCUT2D eigenvalue weighted by Crippen LogP contribution is -2.31. The molecule has 0 spiro atoms. The molecule has 33 heavy (non-hydrogen) atoms. The van der Waals surface area contributed by atoms with E-state index in [0.29, 0.717) is 23.0 Å². The van der Waals surface area contributed by atoms with Crippen LogP contribution in [0.1, 0.15) is 29.7 Å². The maximum atomic E-state index is 13.5. The van der Waals surface area contributed by atoms with E-state index in [1.165, 1.54) is 0 Å². The number of fused-ring (bicyclic) bond motifs is 1. The maximum Gasteiger partial charge on any atom is 0.255 e. The van der Waals surface area contributed by atoms with Gasteiger partial charge in [-0.1, -0.05) is 54.1 Å². The summed E-state index contributed by atoms with van der Waals surface area (Å²) < 4.78 is 1.81. The van der Waals surface area contributed by atoms with Crippen LogP contribution in [0.5, 0.6) is 0 Å². The van der Waals surface area contributed by atoms with Gasteiger partial charge in [0, 0.05) is 17.5 Å². The molecule has 0 bridgehead atoms. The monoisotopic (exact) mass is 436 g/mol. The summed E-state index contributed by atoms with van der Waals surface area (Å²) >= 11 is 0. The van der Waals surface area contributed by atoms with Gasteiger partial charge in [0.2, 0.25) is 5.95 Å². The van der Waals surface area contributed by atoms with E-state index in [9.17, 15) is 4.79 Å². The van der Waals surface area contributed by atoms with Crippen molar-refractivity contribution in [3.8, 4) is 11.4 Å². The number of amides is 1. The van der Waals surface area contributed by atoms with E-state index in [0.717, 1.165) is 28.0 Å². The molecule has 0 radical (unpaired) electrons. The zero-order valence-electron chi connectivity index (χ0n) is 18.7. The summed E-state index contributed by atoms with van der Waals surface area (Å²) in [6, 6.07) is 19.3. The highest BCUT2D eigenvalue weighted by Gasteiger charge is 2.34. The Hall–Kier alpha value is -4.26. The summed E-state index contributed by atoms with van der Waals surface area (Å²) in [5, 5.41) is 11.1. The van der Waals surface area contributed by atoms with Gasteiger partial charge in [-0.3, -0.25) is 9.78 Å². The predicted octanol–water partition coefficient (Wildman–Crippen LogP) is 4.88. The van der Waals surface area contributed by atoms with Crippen molar-refractivity contribution in [2.24, 2.45) is 0 Å². The second kappa shape index (κ2) is 8.35. The number of rotatable bonds is 4. The van der Waals surface area contributed by atoms with Crippen molar-refractivity contribution in [2.75, 3.05) is 10.6 Å². The molecule has 5 rings (SSSR count). The molecule has 1 aliphatic heterocycles. The molecule has 0 saturated heterocycles. The van der Waals surface area contributed by atoms with Crippen LogP contribution in [0.25, 0.3) is 11.4 Å². The van der Waals surface area contributed by atoms with Gasteiger partial charge >= 0.3 is 0 Å². The van der Waals surface area contributed by atoms with Gasteiger partial charge in [0.05, 0.1) is 17.5 Å². The zero-order valence-corrected chi connectivity index (χ0v) is 18.7. The molecule has 3 heterocycles. The van der Waals surface area contributed by atoms with Gasteiger partial charge in [0.15, 0.2) is 5.82 Å². The normalized spacial score (nSPS) is 15.1. The molecule has 0 unspecified atom stereocenters. The van der Waals surface area contributed by atoms with Crippen LogP contribution in [0.2, 0.25) is 0 Å². The Bertz CT molecular complexity index is 1370. The quantitative estimate of drug-likeness (QED) is 0.476. The molecule has 1 atom stereocenters. The highest BCUT2D eigenvalue weighted by Crippen LogP contribution is 2.37. The van der Waals surface area contributed by atoms with Crippen LogP contribution in [0.3, 0.4) is 0 Å². The Morgan fingerprint density at radius 1 is 1.03 bits per heavy atom. The second-order valence-electron chi connectivity index (χ2n) is 8.19. The molecule has 2 N–H and O–H groups in total. The van der Waals surface area contributed by atoms with E-state index in [4.69, 9.17) is 10.1 Å². The molecule has 2 aromatic carbocycles. The Balaban J connectivity index is 1.63. The number of nitrogens with zero attached hydrogens (tertiary/aromatic N) is 4. The average Bonchev–Trinajstić information content (AvgIpc) is 3.22. The first-order valence-corrected chi connectivity index (χ1v) is 10.8. The zero-order chi connectivity index (χ0) is 22.9. The Morgan fingerprint density at radius 3 is 2.64 bits per heavy atom. The summed E-state index contributed by atoms with van der Waals surface area (Å²) in [5.74, 6) is 1.02. The molecule has 0 aliphatic carbocycles. The topological polar surface area (TPSA) is 84.7 Å². The molecular weight excluding hydrogens is 412 g/mol. The Kier molecular flexibility index (Phi) is 5.22. The van der Waals surface area contributed by atoms with Crippen LogP contribution in [-0.4, -0.2) is 25.7 Å². The number of hydrogen-bond acceptors (Lipinski definition) is 5. The first-order valence-electron chi connectivity index (χ1n) is 10.8. The van der Waals surface area contributed by atoms with E-state index >= 15 is 0 Å². The number of hydrogen-bond donors (Lipinski definition) is 2. The van der Waals surface area contributed by atoms with Crippen LogP contribution in [-0.2, 0) is 4.79 Å². The summed E-state index contributed by atoms with van der Waals surface area (Å²) in [5.41, 5.74) is 6.08. The van der Waals surface area contributed by atoms with Gasteiger partial charge in [-0.2, -0.15) is 4.98 Å². The van der Waals surface area contributed by atoms with Gasteiger partial charge in [-0.05, 0) is 44.0 Å². The van der Waals surface area contributed by atoms with Gasteiger partial charge < -0.3 is 10.6 Å². The molecule has 0 fully saturated rings. The Morgan fingerprint density at radius 2 is 1.88 bits per heavy atom. The van der Waals surface area contributed by atoms with Crippen molar-refractivity contribution in [1.29, 1.82) is 0 Å². The van der Waals surface area contributed by atoms with Crippen molar-refractivity contribution in [1.82, 2.24) is 19.7 Å². The molecule has 164 valence electrons. The molecule has 1 amide bonds. The van der Waals surface area contributed by atoms with Gasteiger partial charge in [0.1, 0.15) is 6.04 Å². The number of benzene rings is 2. The highest BCUT2D eigenvalue weighted by molar-refractivity contribution is 6.05. The summed E-state index contributed by atoms with van der Waals surface area (Å²) in [6.07, 6.45) is 3.30. The van der Waals surface area contributed by atoms with Crippen LogP contribution in [0, 0.1) is 13.8 Å². The number of nitrogens with one attached hydrogen (secondary N) is 2.